The molecular weight excluding hydrogens is 1070 g/mol. The number of allylic oxidation sites excluding steroid dienone is 7. The highest BCUT2D eigenvalue weighted by Crippen LogP contribution is 2.43. The van der Waals surface area contributed by atoms with Crippen molar-refractivity contribution >= 4 is 11.9 Å². The van der Waals surface area contributed by atoms with Crippen molar-refractivity contribution in [3.63, 3.8) is 0 Å². The van der Waals surface area contributed by atoms with Crippen LogP contribution in [-0.4, -0.2) is 217 Å². The van der Waals surface area contributed by atoms with Crippen molar-refractivity contribution in [1.82, 2.24) is 0 Å². The molecule has 22 heteroatoms. The Balaban J connectivity index is 1.36. The molecule has 4 saturated heterocycles. The van der Waals surface area contributed by atoms with Gasteiger partial charge in [-0.25, -0.2) is 4.79 Å². The van der Waals surface area contributed by atoms with E-state index in [0.29, 0.717) is 12.0 Å². The fourth-order valence-electron chi connectivity index (χ4n) is 12.0. The molecule has 5 heterocycles. The number of hydrogen-bond donors (Lipinski definition) is 7. The van der Waals surface area contributed by atoms with Gasteiger partial charge in [-0.1, -0.05) is 67.9 Å². The van der Waals surface area contributed by atoms with Gasteiger partial charge in [-0.3, -0.25) is 4.79 Å². The predicted octanol–water partition coefficient (Wildman–Crippen LogP) is 4.16. The largest absolute Gasteiger partial charge is 0.457 e. The Kier molecular flexibility index (Phi) is 26.4. The Hall–Kier alpha value is -3.08. The molecule has 0 aromatic carbocycles. The van der Waals surface area contributed by atoms with Crippen molar-refractivity contribution in [2.45, 2.75) is 256 Å². The minimum absolute atomic E-state index is 0.00363. The molecule has 0 aliphatic carbocycles. The van der Waals surface area contributed by atoms with E-state index >= 15 is 0 Å². The van der Waals surface area contributed by atoms with Gasteiger partial charge in [-0.2, -0.15) is 0 Å². The number of carbonyl (C=O) groups excluding carboxylic acids is 2. The lowest BCUT2D eigenvalue weighted by Gasteiger charge is -2.51. The van der Waals surface area contributed by atoms with Crippen LogP contribution in [0, 0.1) is 17.8 Å². The zero-order valence-corrected chi connectivity index (χ0v) is 50.9. The third-order valence-electron chi connectivity index (χ3n) is 16.6. The Bertz CT molecular complexity index is 2200. The first-order chi connectivity index (χ1) is 38.5. The summed E-state index contributed by atoms with van der Waals surface area (Å²) in [6.45, 7) is 20.4. The lowest BCUT2D eigenvalue weighted by Crippen LogP contribution is -2.66. The molecule has 0 spiro atoms. The van der Waals surface area contributed by atoms with E-state index in [0.717, 1.165) is 11.1 Å². The van der Waals surface area contributed by atoms with Crippen LogP contribution in [0.3, 0.4) is 0 Å². The summed E-state index contributed by atoms with van der Waals surface area (Å²) < 4.78 is 78.0. The van der Waals surface area contributed by atoms with Crippen LogP contribution in [0.2, 0.25) is 0 Å². The van der Waals surface area contributed by atoms with Crippen LogP contribution in [0.5, 0.6) is 0 Å². The van der Waals surface area contributed by atoms with Gasteiger partial charge in [0, 0.05) is 84.4 Å². The minimum Gasteiger partial charge on any atom is -0.457 e. The number of hydrogen-bond acceptors (Lipinski definition) is 22. The fraction of sp³-hybridized carbons (Fsp3) is 0.800. The second kappa shape index (κ2) is 31.0. The van der Waals surface area contributed by atoms with Crippen LogP contribution in [0.25, 0.3) is 0 Å². The third-order valence-corrected chi connectivity index (χ3v) is 16.6. The van der Waals surface area contributed by atoms with Crippen LogP contribution in [0.15, 0.2) is 58.7 Å². The van der Waals surface area contributed by atoms with Gasteiger partial charge in [0.25, 0.3) is 0 Å². The molecule has 0 unspecified atom stereocenters. The summed E-state index contributed by atoms with van der Waals surface area (Å²) in [7, 11) is 5.79. The van der Waals surface area contributed by atoms with Gasteiger partial charge in [-0.05, 0) is 74.3 Å². The van der Waals surface area contributed by atoms with Crippen molar-refractivity contribution in [2.75, 3.05) is 35.0 Å². The molecule has 0 aromatic rings. The molecule has 470 valence electrons. The molecule has 5 rings (SSSR count). The third kappa shape index (κ3) is 18.0. The number of cyclic esters (lactones) is 1. The van der Waals surface area contributed by atoms with E-state index in [9.17, 15) is 45.3 Å². The Morgan fingerprint density at radius 1 is 0.780 bits per heavy atom. The number of methoxy groups -OCH3 is 4. The lowest BCUT2D eigenvalue weighted by atomic mass is 9.76. The summed E-state index contributed by atoms with van der Waals surface area (Å²) in [5, 5.41) is 82.4. The van der Waals surface area contributed by atoms with Crippen molar-refractivity contribution in [3.05, 3.63) is 58.7 Å². The highest BCUT2D eigenvalue weighted by Gasteiger charge is 2.58. The molecular formula is C60H98O22. The molecule has 0 radical (unpaired) electrons. The van der Waals surface area contributed by atoms with E-state index in [1.54, 1.807) is 54.5 Å². The number of aliphatic hydroxyl groups is 7. The van der Waals surface area contributed by atoms with Gasteiger partial charge < -0.3 is 97.3 Å². The molecule has 4 fully saturated rings. The monoisotopic (exact) mass is 1170 g/mol. The Labute approximate surface area is 484 Å². The number of carbonyl (C=O) groups is 2. The van der Waals surface area contributed by atoms with Gasteiger partial charge in [0.2, 0.25) is 5.79 Å². The average Bonchev–Trinajstić information content (AvgIpc) is 3.41. The smallest absolute Gasteiger partial charge is 0.334 e. The molecule has 5 aliphatic rings. The van der Waals surface area contributed by atoms with Gasteiger partial charge in [0.05, 0.1) is 67.1 Å². The number of esters is 2. The van der Waals surface area contributed by atoms with Crippen LogP contribution < -0.4 is 0 Å². The van der Waals surface area contributed by atoms with E-state index < -0.39 is 158 Å². The normalized spacial score (nSPS) is 45.3. The van der Waals surface area contributed by atoms with Crippen molar-refractivity contribution in [1.29, 1.82) is 0 Å². The maximum absolute atomic E-state index is 14.2. The Morgan fingerprint density at radius 2 is 1.44 bits per heavy atom. The van der Waals surface area contributed by atoms with E-state index in [4.69, 9.17) is 61.6 Å². The summed E-state index contributed by atoms with van der Waals surface area (Å²) in [6.07, 6.45) is -8.37. The summed E-state index contributed by atoms with van der Waals surface area (Å²) in [5.74, 6) is -5.96. The molecule has 22 nitrogen and oxygen atoms in total. The summed E-state index contributed by atoms with van der Waals surface area (Å²) in [4.78, 5) is 26.0. The van der Waals surface area contributed by atoms with E-state index in [1.807, 2.05) is 51.2 Å². The summed E-state index contributed by atoms with van der Waals surface area (Å²) in [6, 6.07) is 0. The fourth-order valence-corrected chi connectivity index (χ4v) is 12.0. The SMILES string of the molecule is COC[C@@H](C[C@H]1O[C@@](O)([C@H](O)[C@@H]2C[C@H](OC)[C@@H](O)CC/C=C(C)/C=C/[C@@H](O[C@@H]3O[C@@H](C)[C@H](OC)[C@@H](O)[C@@H]3O)[C@H](C)/C=C(C)/C=C(C)/C=C(\C)C(=O)O2)[C@H](C)[C@@H](O)[C@H]1C)O[C@H]1C[C@](C)(O)[C@@H](O[C@H]2C[C@@H](OC)[C@H](OC(C)=O)[C@@H](C)O2)[C@H](C)O1. The molecule has 5 aliphatic heterocycles. The highest BCUT2D eigenvalue weighted by atomic mass is 16.7. The molecule has 82 heavy (non-hydrogen) atoms. The van der Waals surface area contributed by atoms with Gasteiger partial charge in [0.1, 0.15) is 42.7 Å². The maximum Gasteiger partial charge on any atom is 0.334 e. The minimum atomic E-state index is -2.55. The van der Waals surface area contributed by atoms with Gasteiger partial charge in [0.15, 0.2) is 25.0 Å². The number of aliphatic hydroxyl groups excluding tert-OH is 5. The summed E-state index contributed by atoms with van der Waals surface area (Å²) >= 11 is 0. The van der Waals surface area contributed by atoms with E-state index in [2.05, 4.69) is 0 Å². The standard InChI is InChI=1S/C60H98O22/c1-30-18-17-19-42(62)45(71-14)26-47(79-57(67)34(5)24-32(3)22-31(2)23-33(4)43(21-20-30)80-58-52(65)51(64)54(73-16)38(9)76-58)55(66)60(69)36(7)50(63)35(6)44(82-60)25-41(29-70-13)78-49-28-59(12,68)56(39(10)75-49)81-48-27-46(72-15)53(37(8)74-48)77-40(11)61/h18,20-24,33,35-39,41-56,58,62-66,68-69H,17,19,25-29H2,1-16H3/b21-20+,30-18+,31-23+,32-22+,34-24+/t33-,35+,36-,37-,38+,39+,41-,42+,43-,44-,45+,46-,47+,48+,49+,50+,51+,52+,53-,54+,55-,56+,58+,59+,60-/m1/s1. The van der Waals surface area contributed by atoms with Gasteiger partial charge >= 0.3 is 11.9 Å². The van der Waals surface area contributed by atoms with Crippen LogP contribution >= 0.6 is 0 Å². The Morgan fingerprint density at radius 3 is 2.06 bits per heavy atom. The molecule has 0 bridgehead atoms. The topological polar surface area (TPSA) is 296 Å². The van der Waals surface area contributed by atoms with Crippen LogP contribution in [0.1, 0.15) is 122 Å². The van der Waals surface area contributed by atoms with Crippen LogP contribution in [0.4, 0.5) is 0 Å². The summed E-state index contributed by atoms with van der Waals surface area (Å²) in [5.41, 5.74) is 0.929. The molecule has 0 amide bonds. The first-order valence-corrected chi connectivity index (χ1v) is 28.8. The number of ether oxygens (including phenoxy) is 13. The maximum atomic E-state index is 14.2. The van der Waals surface area contributed by atoms with Gasteiger partial charge in [-0.15, -0.1) is 0 Å². The first kappa shape index (κ1) is 69.7. The zero-order chi connectivity index (χ0) is 61.1. The average molecular weight is 1170 g/mol. The van der Waals surface area contributed by atoms with E-state index in [1.165, 1.54) is 42.3 Å². The second-order valence-electron chi connectivity index (χ2n) is 23.6. The predicted molar refractivity (Wildman–Crippen MR) is 297 cm³/mol. The molecule has 0 saturated carbocycles. The van der Waals surface area contributed by atoms with Crippen LogP contribution in [-0.2, 0) is 71.2 Å². The molecule has 0 aromatic heterocycles. The van der Waals surface area contributed by atoms with E-state index in [-0.39, 0.29) is 50.2 Å². The molecule has 25 atom stereocenters. The molecule has 7 N–H and O–H groups in total. The van der Waals surface area contributed by atoms with Crippen molar-refractivity contribution in [3.8, 4) is 0 Å². The van der Waals surface area contributed by atoms with Crippen molar-refractivity contribution < 1.29 is 107 Å². The number of rotatable bonds is 16. The van der Waals surface area contributed by atoms with Crippen molar-refractivity contribution in [2.24, 2.45) is 17.8 Å². The quantitative estimate of drug-likeness (QED) is 0.107. The highest BCUT2D eigenvalue weighted by molar-refractivity contribution is 5.88. The zero-order valence-electron chi connectivity index (χ0n) is 50.9. The lowest BCUT2D eigenvalue weighted by molar-refractivity contribution is -0.366. The first-order valence-electron chi connectivity index (χ1n) is 28.8. The second-order valence-corrected chi connectivity index (χ2v) is 23.6.